The lowest BCUT2D eigenvalue weighted by atomic mass is 9.66. The molecule has 0 radical (unpaired) electrons. The minimum atomic E-state index is -0.523. The van der Waals surface area contributed by atoms with Crippen molar-refractivity contribution in [3.63, 3.8) is 0 Å². The standard InChI is InChI=1S/C47H30N4/c1-2-13-33(14-3-1)44-28-45(36-23-25-43(49-30-36)35-15-10-26-48-29-35)51-46(50-44)34-22-24-38-37-16-6-9-19-41(37)47(42(38)27-34)39-17-7-4-11-31(39)20-21-32-12-5-8-18-40(32)47/h1-30H. The molecule has 5 aromatic carbocycles. The Bertz CT molecular complexity index is 2580. The van der Waals surface area contributed by atoms with E-state index in [9.17, 15) is 0 Å². The van der Waals surface area contributed by atoms with Crippen LogP contribution in [0.15, 0.2) is 170 Å². The summed E-state index contributed by atoms with van der Waals surface area (Å²) in [5, 5.41) is 0. The van der Waals surface area contributed by atoms with E-state index in [-0.39, 0.29) is 0 Å². The van der Waals surface area contributed by atoms with E-state index in [2.05, 4.69) is 132 Å². The summed E-state index contributed by atoms with van der Waals surface area (Å²) in [5.41, 5.74) is 15.9. The van der Waals surface area contributed by atoms with Crippen molar-refractivity contribution in [1.82, 2.24) is 19.9 Å². The number of fused-ring (bicyclic) bond motifs is 9. The van der Waals surface area contributed by atoms with Crippen molar-refractivity contribution in [1.29, 1.82) is 0 Å². The van der Waals surface area contributed by atoms with Gasteiger partial charge in [0, 0.05) is 40.8 Å². The molecule has 0 amide bonds. The number of nitrogens with zero attached hydrogens (tertiary/aromatic N) is 4. The molecule has 0 atom stereocenters. The van der Waals surface area contributed by atoms with Gasteiger partial charge in [0.1, 0.15) is 0 Å². The number of pyridine rings is 2. The lowest BCUT2D eigenvalue weighted by Gasteiger charge is -2.35. The van der Waals surface area contributed by atoms with Gasteiger partial charge < -0.3 is 0 Å². The van der Waals surface area contributed by atoms with Crippen molar-refractivity contribution < 1.29 is 0 Å². The Morgan fingerprint density at radius 1 is 0.392 bits per heavy atom. The van der Waals surface area contributed by atoms with Gasteiger partial charge >= 0.3 is 0 Å². The fourth-order valence-electron chi connectivity index (χ4n) is 8.00. The summed E-state index contributed by atoms with van der Waals surface area (Å²) >= 11 is 0. The van der Waals surface area contributed by atoms with Crippen molar-refractivity contribution in [3.05, 3.63) is 204 Å². The Morgan fingerprint density at radius 2 is 1.00 bits per heavy atom. The first-order valence-corrected chi connectivity index (χ1v) is 17.2. The predicted octanol–water partition coefficient (Wildman–Crippen LogP) is 10.8. The smallest absolute Gasteiger partial charge is 0.160 e. The molecule has 4 nitrogen and oxygen atoms in total. The van der Waals surface area contributed by atoms with Gasteiger partial charge in [-0.05, 0) is 80.9 Å². The Balaban J connectivity index is 1.20. The predicted molar refractivity (Wildman–Crippen MR) is 206 cm³/mol. The highest BCUT2D eigenvalue weighted by atomic mass is 14.9. The quantitative estimate of drug-likeness (QED) is 0.190. The summed E-state index contributed by atoms with van der Waals surface area (Å²) in [4.78, 5) is 19.5. The summed E-state index contributed by atoms with van der Waals surface area (Å²) < 4.78 is 0. The molecule has 0 fully saturated rings. The third kappa shape index (κ3) is 4.61. The molecule has 2 aliphatic rings. The Kier molecular flexibility index (Phi) is 6.68. The van der Waals surface area contributed by atoms with Crippen molar-refractivity contribution >= 4 is 12.2 Å². The van der Waals surface area contributed by atoms with E-state index in [4.69, 9.17) is 15.0 Å². The molecule has 8 aromatic rings. The van der Waals surface area contributed by atoms with Gasteiger partial charge in [-0.1, -0.05) is 127 Å². The van der Waals surface area contributed by atoms with E-state index >= 15 is 0 Å². The van der Waals surface area contributed by atoms with Crippen molar-refractivity contribution in [3.8, 4) is 56.3 Å². The molecule has 0 N–H and O–H groups in total. The van der Waals surface area contributed by atoms with Gasteiger partial charge in [-0.15, -0.1) is 0 Å². The van der Waals surface area contributed by atoms with Crippen molar-refractivity contribution in [2.45, 2.75) is 5.41 Å². The molecule has 0 unspecified atom stereocenters. The molecule has 2 aliphatic carbocycles. The maximum absolute atomic E-state index is 5.24. The lowest BCUT2D eigenvalue weighted by Crippen LogP contribution is -2.30. The highest BCUT2D eigenvalue weighted by Gasteiger charge is 2.48. The summed E-state index contributed by atoms with van der Waals surface area (Å²) in [6, 6.07) is 53.8. The van der Waals surface area contributed by atoms with Gasteiger partial charge in [-0.2, -0.15) is 0 Å². The zero-order valence-electron chi connectivity index (χ0n) is 27.6. The molecule has 51 heavy (non-hydrogen) atoms. The van der Waals surface area contributed by atoms with E-state index in [0.717, 1.165) is 39.3 Å². The van der Waals surface area contributed by atoms with Gasteiger partial charge in [0.2, 0.25) is 0 Å². The monoisotopic (exact) mass is 650 g/mol. The second-order valence-corrected chi connectivity index (χ2v) is 13.1. The minimum Gasteiger partial charge on any atom is -0.264 e. The van der Waals surface area contributed by atoms with Gasteiger partial charge in [0.15, 0.2) is 5.82 Å². The third-order valence-electron chi connectivity index (χ3n) is 10.3. The van der Waals surface area contributed by atoms with Crippen LogP contribution in [0.4, 0.5) is 0 Å². The normalized spacial score (nSPS) is 13.2. The summed E-state index contributed by atoms with van der Waals surface area (Å²) in [7, 11) is 0. The Hall–Kier alpha value is -6.78. The fraction of sp³-hybridized carbons (Fsp3) is 0.0213. The van der Waals surface area contributed by atoms with Crippen molar-refractivity contribution in [2.75, 3.05) is 0 Å². The van der Waals surface area contributed by atoms with E-state index in [0.29, 0.717) is 5.82 Å². The van der Waals surface area contributed by atoms with Gasteiger partial charge in [-0.25, -0.2) is 9.97 Å². The molecule has 0 bridgehead atoms. The minimum absolute atomic E-state index is 0.523. The van der Waals surface area contributed by atoms with E-state index in [1.165, 1.54) is 44.5 Å². The molecule has 1 spiro atoms. The van der Waals surface area contributed by atoms with E-state index < -0.39 is 5.41 Å². The van der Waals surface area contributed by atoms with Gasteiger partial charge in [-0.3, -0.25) is 9.97 Å². The van der Waals surface area contributed by atoms with Crippen LogP contribution in [0, 0.1) is 0 Å². The number of hydrogen-bond donors (Lipinski definition) is 0. The number of benzene rings is 5. The first kappa shape index (κ1) is 29.2. The Morgan fingerprint density at radius 3 is 1.71 bits per heavy atom. The topological polar surface area (TPSA) is 51.6 Å². The van der Waals surface area contributed by atoms with Crippen LogP contribution in [0.5, 0.6) is 0 Å². The van der Waals surface area contributed by atoms with Crippen LogP contribution >= 0.6 is 0 Å². The van der Waals surface area contributed by atoms with Gasteiger partial charge in [0.05, 0.1) is 22.5 Å². The first-order chi connectivity index (χ1) is 25.3. The zero-order valence-corrected chi connectivity index (χ0v) is 27.6. The van der Waals surface area contributed by atoms with Crippen LogP contribution in [0.25, 0.3) is 68.4 Å². The third-order valence-corrected chi connectivity index (χ3v) is 10.3. The second kappa shape index (κ2) is 11.7. The zero-order chi connectivity index (χ0) is 33.8. The van der Waals surface area contributed by atoms with E-state index in [1.807, 2.05) is 48.8 Å². The molecule has 0 aliphatic heterocycles. The molecular weight excluding hydrogens is 621 g/mol. The van der Waals surface area contributed by atoms with E-state index in [1.54, 1.807) is 6.20 Å². The first-order valence-electron chi connectivity index (χ1n) is 17.2. The molecular formula is C47H30N4. The van der Waals surface area contributed by atoms with Crippen LogP contribution in [0.3, 0.4) is 0 Å². The maximum atomic E-state index is 5.24. The average Bonchev–Trinajstić information content (AvgIpc) is 3.41. The number of rotatable bonds is 4. The van der Waals surface area contributed by atoms with Gasteiger partial charge in [0.25, 0.3) is 0 Å². The molecule has 3 aromatic heterocycles. The fourth-order valence-corrected chi connectivity index (χ4v) is 8.00. The molecule has 4 heteroatoms. The summed E-state index contributed by atoms with van der Waals surface area (Å²) in [5.74, 6) is 0.671. The molecule has 0 saturated carbocycles. The van der Waals surface area contributed by atoms with Crippen LogP contribution in [0.1, 0.15) is 33.4 Å². The SMILES string of the molecule is C1=Cc2ccccc2C2(c3ccccc31)c1ccccc1-c1ccc(-c3nc(-c4ccccc4)cc(-c4ccc(-c5cccnc5)nc4)n3)cc12. The molecule has 238 valence electrons. The lowest BCUT2D eigenvalue weighted by molar-refractivity contribution is 0.766. The molecule has 10 rings (SSSR count). The largest absolute Gasteiger partial charge is 0.264 e. The van der Waals surface area contributed by atoms with Crippen LogP contribution < -0.4 is 0 Å². The highest BCUT2D eigenvalue weighted by molar-refractivity contribution is 5.92. The summed E-state index contributed by atoms with van der Waals surface area (Å²) in [6.07, 6.45) is 10.0. The average molecular weight is 651 g/mol. The van der Waals surface area contributed by atoms with Crippen LogP contribution in [-0.4, -0.2) is 19.9 Å². The molecule has 0 saturated heterocycles. The number of aromatic nitrogens is 4. The van der Waals surface area contributed by atoms with Crippen LogP contribution in [0.2, 0.25) is 0 Å². The highest BCUT2D eigenvalue weighted by Crippen LogP contribution is 2.58. The molecule has 3 heterocycles. The van der Waals surface area contributed by atoms with Crippen molar-refractivity contribution in [2.24, 2.45) is 0 Å². The second-order valence-electron chi connectivity index (χ2n) is 13.1. The summed E-state index contributed by atoms with van der Waals surface area (Å²) in [6.45, 7) is 0. The maximum Gasteiger partial charge on any atom is 0.160 e. The van der Waals surface area contributed by atoms with Crippen LogP contribution in [-0.2, 0) is 5.41 Å². The Labute approximate surface area is 296 Å². The number of hydrogen-bond acceptors (Lipinski definition) is 4.